The third-order valence-electron chi connectivity index (χ3n) is 7.05. The van der Waals surface area contributed by atoms with E-state index in [1.54, 1.807) is 6.92 Å². The maximum Gasteiger partial charge on any atom is 0.220 e. The summed E-state index contributed by atoms with van der Waals surface area (Å²) in [5, 5.41) is 0.719. The van der Waals surface area contributed by atoms with Crippen molar-refractivity contribution in [2.45, 2.75) is 45.1 Å². The van der Waals surface area contributed by atoms with Crippen LogP contribution >= 0.6 is 0 Å². The van der Waals surface area contributed by atoms with Crippen LogP contribution in [0.5, 0.6) is 0 Å². The number of rotatable bonds is 9. The SMILES string of the molecule is CC(=O)N1CCCC1c1ncc(-c2ccc(-c3ccc(-c4cnc(CCCCN(C)F)[nH]4)cc3)cc2)[nH]1. The summed E-state index contributed by atoms with van der Waals surface area (Å²) in [4.78, 5) is 29.7. The van der Waals surface area contributed by atoms with Crippen LogP contribution in [0.2, 0.25) is 0 Å². The molecule has 1 fully saturated rings. The summed E-state index contributed by atoms with van der Waals surface area (Å²) in [7, 11) is 1.44. The second-order valence-electron chi connectivity index (χ2n) is 9.74. The molecule has 1 atom stereocenters. The number of likely N-dealkylation sites (tertiary alicyclic amines) is 1. The van der Waals surface area contributed by atoms with E-state index in [0.717, 1.165) is 89.1 Å². The van der Waals surface area contributed by atoms with E-state index in [-0.39, 0.29) is 11.9 Å². The molecule has 3 heterocycles. The van der Waals surface area contributed by atoms with Crippen LogP contribution in [0, 0.1) is 0 Å². The lowest BCUT2D eigenvalue weighted by atomic mass is 10.0. The molecule has 1 saturated heterocycles. The Bertz CT molecular complexity index is 1330. The molecular formula is C29H33FN6O. The Morgan fingerprint density at radius 2 is 1.54 bits per heavy atom. The number of hydrogen-bond acceptors (Lipinski definition) is 4. The Labute approximate surface area is 216 Å². The number of benzene rings is 2. The van der Waals surface area contributed by atoms with Gasteiger partial charge < -0.3 is 14.9 Å². The highest BCUT2D eigenvalue weighted by Gasteiger charge is 2.30. The number of halogens is 1. The summed E-state index contributed by atoms with van der Waals surface area (Å²) in [6, 6.07) is 16.9. The number of aryl methyl sites for hydroxylation is 1. The van der Waals surface area contributed by atoms with Gasteiger partial charge in [-0.15, -0.1) is 9.60 Å². The highest BCUT2D eigenvalue weighted by atomic mass is 19.2. The molecule has 2 aromatic heterocycles. The molecule has 1 aliphatic heterocycles. The normalized spacial score (nSPS) is 15.6. The first-order valence-electron chi connectivity index (χ1n) is 12.9. The van der Waals surface area contributed by atoms with Crippen LogP contribution in [-0.2, 0) is 11.2 Å². The highest BCUT2D eigenvalue weighted by molar-refractivity contribution is 5.74. The molecule has 0 aliphatic carbocycles. The van der Waals surface area contributed by atoms with Gasteiger partial charge in [0.2, 0.25) is 5.91 Å². The third-order valence-corrected chi connectivity index (χ3v) is 7.05. The molecule has 0 saturated carbocycles. The Balaban J connectivity index is 1.22. The first-order chi connectivity index (χ1) is 18.0. The van der Waals surface area contributed by atoms with E-state index in [1.165, 1.54) is 7.05 Å². The number of nitrogens with one attached hydrogen (secondary N) is 2. The van der Waals surface area contributed by atoms with Gasteiger partial charge in [0.05, 0.1) is 29.8 Å². The van der Waals surface area contributed by atoms with Gasteiger partial charge >= 0.3 is 0 Å². The number of nitrogens with zero attached hydrogens (tertiary/aromatic N) is 4. The van der Waals surface area contributed by atoms with Crippen molar-refractivity contribution in [3.8, 4) is 33.6 Å². The summed E-state index contributed by atoms with van der Waals surface area (Å²) in [6.45, 7) is 2.86. The molecule has 2 aromatic carbocycles. The standard InChI is InChI=1S/C29H33FN6O/c1-20(37)36-17-5-6-27(36)29-32-19-26(34-29)24-14-10-22(11-15-24)21-8-12-23(13-9-21)25-18-31-28(33-25)7-3-4-16-35(2)30/h8-15,18-19,27H,3-7,16-17H2,1-2H3,(H,31,33)(H,32,34). The fourth-order valence-electron chi connectivity index (χ4n) is 5.02. The quantitative estimate of drug-likeness (QED) is 0.220. The number of carbonyl (C=O) groups excluding carboxylic acids is 1. The third kappa shape index (κ3) is 5.80. The minimum atomic E-state index is 0.0402. The fourth-order valence-corrected chi connectivity index (χ4v) is 5.02. The van der Waals surface area contributed by atoms with E-state index in [9.17, 15) is 9.28 Å². The van der Waals surface area contributed by atoms with E-state index in [4.69, 9.17) is 0 Å². The zero-order valence-electron chi connectivity index (χ0n) is 21.4. The maximum atomic E-state index is 12.8. The van der Waals surface area contributed by atoms with Crippen LogP contribution in [0.3, 0.4) is 0 Å². The molecule has 192 valence electrons. The van der Waals surface area contributed by atoms with E-state index >= 15 is 0 Å². The number of carbonyl (C=O) groups is 1. The van der Waals surface area contributed by atoms with Crippen molar-refractivity contribution in [3.05, 3.63) is 72.6 Å². The Hall–Kier alpha value is -3.78. The first-order valence-corrected chi connectivity index (χ1v) is 12.9. The molecule has 2 N–H and O–H groups in total. The van der Waals surface area contributed by atoms with Gasteiger partial charge in [-0.2, -0.15) is 0 Å². The average Bonchev–Trinajstić information content (AvgIpc) is 3.67. The second kappa shape index (κ2) is 11.1. The van der Waals surface area contributed by atoms with Gasteiger partial charge in [-0.05, 0) is 47.9 Å². The molecule has 1 amide bonds. The number of unbranched alkanes of at least 4 members (excludes halogenated alkanes) is 1. The second-order valence-corrected chi connectivity index (χ2v) is 9.74. The number of amides is 1. The van der Waals surface area contributed by atoms with E-state index < -0.39 is 0 Å². The maximum absolute atomic E-state index is 12.8. The van der Waals surface area contributed by atoms with Crippen molar-refractivity contribution in [1.82, 2.24) is 30.0 Å². The molecular weight excluding hydrogens is 467 g/mol. The molecule has 0 radical (unpaired) electrons. The number of aromatic nitrogens is 4. The molecule has 4 aromatic rings. The molecule has 5 rings (SSSR count). The lowest BCUT2D eigenvalue weighted by Gasteiger charge is -2.21. The smallest absolute Gasteiger partial charge is 0.220 e. The van der Waals surface area contributed by atoms with Gasteiger partial charge in [0.1, 0.15) is 11.6 Å². The monoisotopic (exact) mass is 500 g/mol. The zero-order valence-corrected chi connectivity index (χ0v) is 21.4. The summed E-state index contributed by atoms with van der Waals surface area (Å²) in [6.07, 6.45) is 8.18. The summed E-state index contributed by atoms with van der Waals surface area (Å²) in [5.74, 6) is 1.89. The zero-order chi connectivity index (χ0) is 25.8. The van der Waals surface area contributed by atoms with Crippen molar-refractivity contribution in [2.24, 2.45) is 0 Å². The number of H-pyrrole nitrogens is 2. The van der Waals surface area contributed by atoms with Crippen molar-refractivity contribution < 1.29 is 9.28 Å². The van der Waals surface area contributed by atoms with Crippen LogP contribution < -0.4 is 0 Å². The lowest BCUT2D eigenvalue weighted by molar-refractivity contribution is -0.129. The molecule has 1 unspecified atom stereocenters. The van der Waals surface area contributed by atoms with Gasteiger partial charge in [-0.1, -0.05) is 48.5 Å². The molecule has 37 heavy (non-hydrogen) atoms. The van der Waals surface area contributed by atoms with Crippen LogP contribution in [0.1, 0.15) is 50.3 Å². The van der Waals surface area contributed by atoms with Crippen LogP contribution in [-0.4, -0.2) is 56.0 Å². The van der Waals surface area contributed by atoms with Crippen molar-refractivity contribution in [1.29, 1.82) is 0 Å². The predicted octanol–water partition coefficient (Wildman–Crippen LogP) is 5.96. The van der Waals surface area contributed by atoms with Crippen molar-refractivity contribution >= 4 is 5.91 Å². The summed E-state index contributed by atoms with van der Waals surface area (Å²) >= 11 is 0. The Kier molecular flexibility index (Phi) is 7.46. The number of hydrogen-bond donors (Lipinski definition) is 2. The van der Waals surface area contributed by atoms with Crippen molar-refractivity contribution in [3.63, 3.8) is 0 Å². The first kappa shape index (κ1) is 24.9. The van der Waals surface area contributed by atoms with Crippen LogP contribution in [0.4, 0.5) is 4.48 Å². The largest absolute Gasteiger partial charge is 0.342 e. The summed E-state index contributed by atoms with van der Waals surface area (Å²) in [5.41, 5.74) is 6.36. The van der Waals surface area contributed by atoms with Crippen LogP contribution in [0.25, 0.3) is 33.6 Å². The Morgan fingerprint density at radius 3 is 2.16 bits per heavy atom. The van der Waals surface area contributed by atoms with Gasteiger partial charge in [-0.25, -0.2) is 9.97 Å². The van der Waals surface area contributed by atoms with Crippen LogP contribution in [0.15, 0.2) is 60.9 Å². The van der Waals surface area contributed by atoms with E-state index in [2.05, 4.69) is 68.5 Å². The summed E-state index contributed by atoms with van der Waals surface area (Å²) < 4.78 is 12.8. The molecule has 7 nitrogen and oxygen atoms in total. The van der Waals surface area contributed by atoms with Gasteiger partial charge in [0.15, 0.2) is 0 Å². The van der Waals surface area contributed by atoms with E-state index in [0.29, 0.717) is 6.54 Å². The minimum absolute atomic E-state index is 0.0402. The van der Waals surface area contributed by atoms with E-state index in [1.807, 2.05) is 17.3 Å². The Morgan fingerprint density at radius 1 is 0.946 bits per heavy atom. The minimum Gasteiger partial charge on any atom is -0.342 e. The average molecular weight is 501 g/mol. The molecule has 0 spiro atoms. The highest BCUT2D eigenvalue weighted by Crippen LogP contribution is 2.32. The molecule has 0 bridgehead atoms. The molecule has 1 aliphatic rings. The fraction of sp³-hybridized carbons (Fsp3) is 0.345. The molecule has 8 heteroatoms. The lowest BCUT2D eigenvalue weighted by Crippen LogP contribution is -2.28. The topological polar surface area (TPSA) is 80.9 Å². The van der Waals surface area contributed by atoms with Gasteiger partial charge in [0, 0.05) is 33.5 Å². The number of imidazole rings is 2. The predicted molar refractivity (Wildman–Crippen MR) is 143 cm³/mol. The van der Waals surface area contributed by atoms with Crippen molar-refractivity contribution in [2.75, 3.05) is 20.1 Å². The van der Waals surface area contributed by atoms with Gasteiger partial charge in [-0.3, -0.25) is 4.79 Å². The number of aromatic amines is 2. The van der Waals surface area contributed by atoms with Gasteiger partial charge in [0.25, 0.3) is 0 Å².